The van der Waals surface area contributed by atoms with Gasteiger partial charge in [-0.05, 0) is 75.3 Å². The number of morpholine rings is 1. The third kappa shape index (κ3) is 6.86. The Labute approximate surface area is 258 Å². The number of aromatic nitrogens is 2. The maximum absolute atomic E-state index is 13.0. The van der Waals surface area contributed by atoms with E-state index in [4.69, 9.17) is 4.74 Å². The summed E-state index contributed by atoms with van der Waals surface area (Å²) in [4.78, 5) is 38.8. The van der Waals surface area contributed by atoms with Crippen LogP contribution in [0.1, 0.15) is 62.6 Å². The Morgan fingerprint density at radius 1 is 1.12 bits per heavy atom. The monoisotopic (exact) mass is 622 g/mol. The number of nitrogens with zero attached hydrogens (tertiary/aromatic N) is 3. The lowest BCUT2D eigenvalue weighted by atomic mass is 9.89. The number of aromatic amines is 1. The number of aromatic hydroxyl groups is 1. The van der Waals surface area contributed by atoms with Crippen molar-refractivity contribution in [3.8, 4) is 5.75 Å². The fraction of sp³-hybridized carbons (Fsp3) is 0.469. The van der Waals surface area contributed by atoms with E-state index in [0.29, 0.717) is 48.3 Å². The Hall–Kier alpha value is -3.09. The van der Waals surface area contributed by atoms with E-state index in [9.17, 15) is 19.8 Å². The van der Waals surface area contributed by atoms with Gasteiger partial charge in [-0.2, -0.15) is 0 Å². The van der Waals surface area contributed by atoms with Crippen molar-refractivity contribution in [2.75, 3.05) is 39.3 Å². The van der Waals surface area contributed by atoms with Gasteiger partial charge in [0.2, 0.25) is 5.56 Å². The van der Waals surface area contributed by atoms with Gasteiger partial charge >= 0.3 is 0 Å². The number of aliphatic hydroxyl groups is 1. The lowest BCUT2D eigenvalue weighted by molar-refractivity contribution is -0.127. The normalized spacial score (nSPS) is 18.0. The third-order valence-corrected chi connectivity index (χ3v) is 10.7. The molecule has 0 aliphatic carbocycles. The summed E-state index contributed by atoms with van der Waals surface area (Å²) in [6.07, 6.45) is 4.51. The van der Waals surface area contributed by atoms with E-state index < -0.39 is 6.10 Å². The molecule has 228 valence electrons. The molecule has 0 unspecified atom stereocenters. The van der Waals surface area contributed by atoms with Crippen molar-refractivity contribution in [1.29, 1.82) is 0 Å². The fourth-order valence-electron chi connectivity index (χ4n) is 6.26. The summed E-state index contributed by atoms with van der Waals surface area (Å²) in [7, 11) is 0. The molecule has 0 radical (unpaired) electrons. The number of phenolic OH excluding ortho intramolecular Hbond substituents is 1. The first-order valence-electron chi connectivity index (χ1n) is 15.0. The number of carbonyl (C=O) groups excluding carboxylic acids is 1. The van der Waals surface area contributed by atoms with Crippen molar-refractivity contribution in [3.05, 3.63) is 78.2 Å². The summed E-state index contributed by atoms with van der Waals surface area (Å²) in [6, 6.07) is 10.7. The van der Waals surface area contributed by atoms with E-state index in [-0.39, 0.29) is 22.8 Å². The maximum atomic E-state index is 13.0. The van der Waals surface area contributed by atoms with Gasteiger partial charge in [0.1, 0.15) is 11.4 Å². The number of fused-ring (bicyclic) bond motifs is 1. The summed E-state index contributed by atoms with van der Waals surface area (Å²) >= 11 is 3.36. The third-order valence-electron chi connectivity index (χ3n) is 8.70. The first-order valence-corrected chi connectivity index (χ1v) is 16.7. The van der Waals surface area contributed by atoms with Crippen LogP contribution in [0.4, 0.5) is 0 Å². The van der Waals surface area contributed by atoms with Crippen molar-refractivity contribution < 1.29 is 19.7 Å². The Balaban J connectivity index is 0.948. The molecule has 5 heterocycles. The predicted octanol–water partition coefficient (Wildman–Crippen LogP) is 4.67. The number of rotatable bonds is 9. The van der Waals surface area contributed by atoms with Gasteiger partial charge in [-0.1, -0.05) is 6.07 Å². The molecule has 1 atom stereocenters. The van der Waals surface area contributed by atoms with E-state index in [1.54, 1.807) is 12.1 Å². The number of nitrogens with one attached hydrogen (secondary N) is 1. The molecule has 2 aliphatic heterocycles. The molecule has 0 saturated carbocycles. The molecular weight excluding hydrogens is 585 g/mol. The average Bonchev–Trinajstić information content (AvgIpc) is 3.66. The number of piperidine rings is 1. The van der Waals surface area contributed by atoms with Crippen LogP contribution in [-0.2, 0) is 17.6 Å². The molecule has 1 amide bonds. The first-order chi connectivity index (χ1) is 20.8. The lowest BCUT2D eigenvalue weighted by Crippen LogP contribution is -2.58. The van der Waals surface area contributed by atoms with Gasteiger partial charge in [-0.15, -0.1) is 22.7 Å². The fourth-order valence-corrected chi connectivity index (χ4v) is 7.90. The second-order valence-corrected chi connectivity index (χ2v) is 14.0. The Kier molecular flexibility index (Phi) is 8.97. The van der Waals surface area contributed by atoms with Crippen LogP contribution in [0.5, 0.6) is 5.75 Å². The molecule has 2 saturated heterocycles. The zero-order chi connectivity index (χ0) is 30.0. The van der Waals surface area contributed by atoms with Crippen LogP contribution in [0, 0.1) is 6.92 Å². The zero-order valence-corrected chi connectivity index (χ0v) is 26.0. The van der Waals surface area contributed by atoms with E-state index >= 15 is 0 Å². The minimum atomic E-state index is -0.675. The maximum Gasteiger partial charge on any atom is 0.273 e. The summed E-state index contributed by atoms with van der Waals surface area (Å²) in [5.74, 6) is 0.0192. The minimum absolute atomic E-state index is 0.00176. The summed E-state index contributed by atoms with van der Waals surface area (Å²) < 4.78 is 6.28. The zero-order valence-electron chi connectivity index (χ0n) is 24.4. The highest BCUT2D eigenvalue weighted by Gasteiger charge is 2.41. The molecule has 3 N–H and O–H groups in total. The standard InChI is InChI=1S/C32H38N4O5S2/c1-21-33-26(19-42-21)31(40)36-17-18-41-32(20-36)12-15-35(16-13-32)14-11-23-6-5-22(43-23)3-2-4-27(37)24-7-9-28(38)30-25(24)8-10-29(39)34-30/h5-10,19,27,37-38H,2-4,11-18,20H2,1H3,(H,34,39)/t27-/m0/s1. The van der Waals surface area contributed by atoms with Gasteiger partial charge in [0.25, 0.3) is 5.91 Å². The number of aliphatic hydroxyl groups excluding tert-OH is 1. The number of amides is 1. The molecule has 1 spiro atoms. The number of H-pyrrole nitrogens is 1. The molecule has 3 aromatic heterocycles. The van der Waals surface area contributed by atoms with Crippen LogP contribution in [-0.4, -0.2) is 80.8 Å². The number of likely N-dealkylation sites (tertiary alicyclic amines) is 1. The van der Waals surface area contributed by atoms with Crippen molar-refractivity contribution >= 4 is 39.5 Å². The quantitative estimate of drug-likeness (QED) is 0.248. The Bertz CT molecular complexity index is 1640. The van der Waals surface area contributed by atoms with E-state index in [1.165, 1.54) is 33.2 Å². The first kappa shape index (κ1) is 30.0. The SMILES string of the molecule is Cc1nc(C(=O)N2CCOC3(CCN(CCc4ccc(CCC[C@H](O)c5ccc(O)c6[nH]c(=O)ccc56)s4)CC3)C2)cs1. The molecule has 9 nitrogen and oxygen atoms in total. The van der Waals surface area contributed by atoms with Crippen molar-refractivity contribution in [2.45, 2.75) is 57.2 Å². The molecular formula is C32H38N4O5S2. The summed E-state index contributed by atoms with van der Waals surface area (Å²) in [6.45, 7) is 6.70. The highest BCUT2D eigenvalue weighted by Crippen LogP contribution is 2.33. The van der Waals surface area contributed by atoms with Crippen molar-refractivity contribution in [3.63, 3.8) is 0 Å². The number of hydrogen-bond donors (Lipinski definition) is 3. The Morgan fingerprint density at radius 2 is 1.91 bits per heavy atom. The van der Waals surface area contributed by atoms with Gasteiger partial charge in [0.15, 0.2) is 0 Å². The smallest absolute Gasteiger partial charge is 0.273 e. The molecule has 6 rings (SSSR count). The number of ether oxygens (including phenoxy) is 1. The minimum Gasteiger partial charge on any atom is -0.506 e. The number of thiophene rings is 1. The van der Waals surface area contributed by atoms with Gasteiger partial charge in [-0.3, -0.25) is 9.59 Å². The molecule has 1 aromatic carbocycles. The molecule has 4 aromatic rings. The van der Waals surface area contributed by atoms with Gasteiger partial charge < -0.3 is 29.7 Å². The Morgan fingerprint density at radius 3 is 2.67 bits per heavy atom. The van der Waals surface area contributed by atoms with Crippen molar-refractivity contribution in [1.82, 2.24) is 19.8 Å². The van der Waals surface area contributed by atoms with E-state index in [2.05, 4.69) is 27.0 Å². The number of phenols is 1. The number of thiazole rings is 1. The predicted molar refractivity (Wildman–Crippen MR) is 169 cm³/mol. The molecule has 0 bridgehead atoms. The summed E-state index contributed by atoms with van der Waals surface area (Å²) in [5, 5.41) is 24.4. The van der Waals surface area contributed by atoms with Crippen LogP contribution in [0.15, 0.2) is 46.6 Å². The number of carbonyl (C=O) groups is 1. The van der Waals surface area contributed by atoms with Gasteiger partial charge in [0.05, 0.1) is 35.4 Å². The van der Waals surface area contributed by atoms with Crippen LogP contribution in [0.2, 0.25) is 0 Å². The summed E-state index contributed by atoms with van der Waals surface area (Å²) in [5.41, 5.74) is 1.09. The second kappa shape index (κ2) is 12.9. The van der Waals surface area contributed by atoms with Crippen LogP contribution in [0.25, 0.3) is 10.9 Å². The number of aryl methyl sites for hydroxylation is 2. The molecule has 2 fully saturated rings. The molecule has 2 aliphatic rings. The van der Waals surface area contributed by atoms with Crippen LogP contribution in [0.3, 0.4) is 0 Å². The van der Waals surface area contributed by atoms with Crippen LogP contribution >= 0.6 is 22.7 Å². The highest BCUT2D eigenvalue weighted by atomic mass is 32.1. The van der Waals surface area contributed by atoms with Gasteiger partial charge in [0, 0.05) is 52.8 Å². The number of pyridine rings is 1. The van der Waals surface area contributed by atoms with E-state index in [0.717, 1.165) is 56.7 Å². The average molecular weight is 623 g/mol. The molecule has 11 heteroatoms. The highest BCUT2D eigenvalue weighted by molar-refractivity contribution is 7.12. The lowest BCUT2D eigenvalue weighted by Gasteiger charge is -2.47. The van der Waals surface area contributed by atoms with Crippen LogP contribution < -0.4 is 5.56 Å². The number of hydrogen-bond acceptors (Lipinski definition) is 9. The van der Waals surface area contributed by atoms with E-state index in [1.807, 2.05) is 28.5 Å². The largest absolute Gasteiger partial charge is 0.506 e. The number of benzene rings is 1. The van der Waals surface area contributed by atoms with Gasteiger partial charge in [-0.25, -0.2) is 4.98 Å². The molecule has 43 heavy (non-hydrogen) atoms. The topological polar surface area (TPSA) is 119 Å². The van der Waals surface area contributed by atoms with Crippen molar-refractivity contribution in [2.24, 2.45) is 0 Å². The second-order valence-electron chi connectivity index (χ2n) is 11.7.